The highest BCUT2D eigenvalue weighted by molar-refractivity contribution is 9.10. The van der Waals surface area contributed by atoms with Gasteiger partial charge in [0.25, 0.3) is 0 Å². The van der Waals surface area contributed by atoms with Crippen LogP contribution in [0.3, 0.4) is 0 Å². The third-order valence-corrected chi connectivity index (χ3v) is 3.27. The molecule has 0 N–H and O–H groups in total. The van der Waals surface area contributed by atoms with Crippen LogP contribution in [-0.2, 0) is 7.05 Å². The molecule has 0 aliphatic heterocycles. The third-order valence-electron chi connectivity index (χ3n) is 2.68. The van der Waals surface area contributed by atoms with E-state index in [4.69, 9.17) is 9.47 Å². The molecule has 4 nitrogen and oxygen atoms in total. The van der Waals surface area contributed by atoms with E-state index in [0.29, 0.717) is 13.2 Å². The summed E-state index contributed by atoms with van der Waals surface area (Å²) in [6.07, 6.45) is 3.69. The maximum Gasteiger partial charge on any atom is 0.175 e. The Hall–Kier alpha value is -1.49. The van der Waals surface area contributed by atoms with Crippen molar-refractivity contribution in [2.45, 2.75) is 13.8 Å². The SMILES string of the molecule is CCOc1cc(-c2nccn2C)cc(Br)c1OCC. The number of hydrogen-bond donors (Lipinski definition) is 0. The van der Waals surface area contributed by atoms with Crippen molar-refractivity contribution in [2.75, 3.05) is 13.2 Å². The predicted octanol–water partition coefficient (Wildman–Crippen LogP) is 3.65. The molecule has 0 bridgehead atoms. The van der Waals surface area contributed by atoms with E-state index in [9.17, 15) is 0 Å². The first-order valence-electron chi connectivity index (χ1n) is 6.24. The normalized spacial score (nSPS) is 10.5. The monoisotopic (exact) mass is 324 g/mol. The van der Waals surface area contributed by atoms with E-state index in [1.165, 1.54) is 0 Å². The summed E-state index contributed by atoms with van der Waals surface area (Å²) in [5.41, 5.74) is 0.992. The second-order valence-electron chi connectivity index (χ2n) is 4.01. The predicted molar refractivity (Wildman–Crippen MR) is 78.7 cm³/mol. The number of hydrogen-bond acceptors (Lipinski definition) is 3. The Morgan fingerprint density at radius 3 is 2.53 bits per heavy atom. The van der Waals surface area contributed by atoms with Gasteiger partial charge in [0.05, 0.1) is 17.7 Å². The van der Waals surface area contributed by atoms with E-state index < -0.39 is 0 Å². The molecule has 102 valence electrons. The Bertz CT molecular complexity index is 567. The van der Waals surface area contributed by atoms with Gasteiger partial charge in [-0.05, 0) is 41.9 Å². The van der Waals surface area contributed by atoms with Crippen LogP contribution in [-0.4, -0.2) is 22.8 Å². The molecule has 0 saturated carbocycles. The first kappa shape index (κ1) is 13.9. The fourth-order valence-corrected chi connectivity index (χ4v) is 2.44. The number of imidazole rings is 1. The van der Waals surface area contributed by atoms with Gasteiger partial charge >= 0.3 is 0 Å². The van der Waals surface area contributed by atoms with Gasteiger partial charge in [-0.1, -0.05) is 0 Å². The first-order chi connectivity index (χ1) is 9.17. The molecular formula is C14H17BrN2O2. The van der Waals surface area contributed by atoms with Crippen molar-refractivity contribution in [1.82, 2.24) is 9.55 Å². The average molecular weight is 325 g/mol. The number of rotatable bonds is 5. The molecule has 0 aliphatic carbocycles. The van der Waals surface area contributed by atoms with Gasteiger partial charge in [-0.3, -0.25) is 0 Å². The molecule has 1 heterocycles. The van der Waals surface area contributed by atoms with Crippen LogP contribution in [0.5, 0.6) is 11.5 Å². The van der Waals surface area contributed by atoms with Crippen molar-refractivity contribution in [1.29, 1.82) is 0 Å². The molecule has 5 heteroatoms. The number of aromatic nitrogens is 2. The van der Waals surface area contributed by atoms with E-state index >= 15 is 0 Å². The van der Waals surface area contributed by atoms with E-state index in [2.05, 4.69) is 20.9 Å². The minimum atomic E-state index is 0.594. The van der Waals surface area contributed by atoms with Gasteiger partial charge in [0.15, 0.2) is 11.5 Å². The lowest BCUT2D eigenvalue weighted by molar-refractivity contribution is 0.286. The van der Waals surface area contributed by atoms with Crippen LogP contribution in [0.4, 0.5) is 0 Å². The van der Waals surface area contributed by atoms with Crippen LogP contribution in [0, 0.1) is 0 Å². The second-order valence-corrected chi connectivity index (χ2v) is 4.87. The van der Waals surface area contributed by atoms with Gasteiger partial charge in [0.1, 0.15) is 5.82 Å². The molecule has 0 unspecified atom stereocenters. The lowest BCUT2D eigenvalue weighted by Crippen LogP contribution is -2.00. The quantitative estimate of drug-likeness (QED) is 0.842. The zero-order valence-electron chi connectivity index (χ0n) is 11.3. The highest BCUT2D eigenvalue weighted by atomic mass is 79.9. The van der Waals surface area contributed by atoms with Crippen LogP contribution in [0.1, 0.15) is 13.8 Å². The Balaban J connectivity index is 2.50. The van der Waals surface area contributed by atoms with Gasteiger partial charge in [-0.25, -0.2) is 4.98 Å². The highest BCUT2D eigenvalue weighted by Crippen LogP contribution is 2.39. The number of ether oxygens (including phenoxy) is 2. The Morgan fingerprint density at radius 1 is 1.21 bits per heavy atom. The van der Waals surface area contributed by atoms with E-state index in [1.807, 2.05) is 43.8 Å². The van der Waals surface area contributed by atoms with Crippen LogP contribution >= 0.6 is 15.9 Å². The molecule has 0 fully saturated rings. The third kappa shape index (κ3) is 2.92. The lowest BCUT2D eigenvalue weighted by atomic mass is 10.2. The molecule has 0 spiro atoms. The highest BCUT2D eigenvalue weighted by Gasteiger charge is 2.14. The zero-order valence-corrected chi connectivity index (χ0v) is 12.9. The van der Waals surface area contributed by atoms with Crippen molar-refractivity contribution in [3.05, 3.63) is 29.0 Å². The second kappa shape index (κ2) is 6.10. The number of benzene rings is 1. The average Bonchev–Trinajstić information content (AvgIpc) is 2.80. The van der Waals surface area contributed by atoms with Crippen LogP contribution in [0.25, 0.3) is 11.4 Å². The maximum atomic E-state index is 5.66. The molecule has 0 amide bonds. The van der Waals surface area contributed by atoms with E-state index in [-0.39, 0.29) is 0 Å². The largest absolute Gasteiger partial charge is 0.490 e. The molecule has 1 aromatic carbocycles. The fourth-order valence-electron chi connectivity index (χ4n) is 1.89. The zero-order chi connectivity index (χ0) is 13.8. The molecular weight excluding hydrogens is 308 g/mol. The van der Waals surface area contributed by atoms with Gasteiger partial charge < -0.3 is 14.0 Å². The van der Waals surface area contributed by atoms with Crippen LogP contribution < -0.4 is 9.47 Å². The van der Waals surface area contributed by atoms with Gasteiger partial charge in [-0.2, -0.15) is 0 Å². The van der Waals surface area contributed by atoms with Gasteiger partial charge in [0, 0.05) is 25.0 Å². The van der Waals surface area contributed by atoms with Crippen molar-refractivity contribution in [3.63, 3.8) is 0 Å². The molecule has 2 aromatic rings. The summed E-state index contributed by atoms with van der Waals surface area (Å²) in [6.45, 7) is 5.10. The molecule has 0 atom stereocenters. The molecule has 0 saturated heterocycles. The van der Waals surface area contributed by atoms with E-state index in [1.54, 1.807) is 6.20 Å². The van der Waals surface area contributed by atoms with E-state index in [0.717, 1.165) is 27.4 Å². The smallest absolute Gasteiger partial charge is 0.175 e. The molecule has 1 aromatic heterocycles. The van der Waals surface area contributed by atoms with Crippen LogP contribution in [0.15, 0.2) is 29.0 Å². The number of aryl methyl sites for hydroxylation is 1. The topological polar surface area (TPSA) is 36.3 Å². The summed E-state index contributed by atoms with van der Waals surface area (Å²) in [5.74, 6) is 2.36. The van der Waals surface area contributed by atoms with Crippen molar-refractivity contribution in [2.24, 2.45) is 7.05 Å². The van der Waals surface area contributed by atoms with Crippen molar-refractivity contribution >= 4 is 15.9 Å². The fraction of sp³-hybridized carbons (Fsp3) is 0.357. The lowest BCUT2D eigenvalue weighted by Gasteiger charge is -2.14. The molecule has 19 heavy (non-hydrogen) atoms. The molecule has 0 radical (unpaired) electrons. The standard InChI is InChI=1S/C14H17BrN2O2/c1-4-18-12-9-10(14-16-6-7-17(14)3)8-11(15)13(12)19-5-2/h6-9H,4-5H2,1-3H3. The van der Waals surface area contributed by atoms with Crippen molar-refractivity contribution < 1.29 is 9.47 Å². The summed E-state index contributed by atoms with van der Waals surface area (Å²) in [4.78, 5) is 4.35. The Labute approximate surface area is 121 Å². The summed E-state index contributed by atoms with van der Waals surface area (Å²) in [5, 5.41) is 0. The summed E-state index contributed by atoms with van der Waals surface area (Å²) in [7, 11) is 1.97. The minimum absolute atomic E-state index is 0.594. The van der Waals surface area contributed by atoms with Gasteiger partial charge in [0.2, 0.25) is 0 Å². The Morgan fingerprint density at radius 2 is 1.95 bits per heavy atom. The van der Waals surface area contributed by atoms with Gasteiger partial charge in [-0.15, -0.1) is 0 Å². The first-order valence-corrected chi connectivity index (χ1v) is 7.03. The summed E-state index contributed by atoms with van der Waals surface area (Å²) >= 11 is 3.54. The minimum Gasteiger partial charge on any atom is -0.490 e. The summed E-state index contributed by atoms with van der Waals surface area (Å²) < 4.78 is 14.1. The maximum absolute atomic E-state index is 5.66. The Kier molecular flexibility index (Phi) is 4.47. The summed E-state index contributed by atoms with van der Waals surface area (Å²) in [6, 6.07) is 3.96. The molecule has 0 aliphatic rings. The number of halogens is 1. The number of nitrogens with zero attached hydrogens (tertiary/aromatic N) is 2. The van der Waals surface area contributed by atoms with Crippen molar-refractivity contribution in [3.8, 4) is 22.9 Å². The molecule has 2 rings (SSSR count). The van der Waals surface area contributed by atoms with Crippen LogP contribution in [0.2, 0.25) is 0 Å².